The molecular weight excluding hydrogens is 80.1 g/mol. The highest BCUT2D eigenvalue weighted by Crippen LogP contribution is 1.50. The molecule has 0 aromatic heterocycles. The second-order valence-corrected chi connectivity index (χ2v) is 1.15. The van der Waals surface area contributed by atoms with Crippen LogP contribution in [0.5, 0.6) is 0 Å². The molecule has 2 heteroatoms. The van der Waals surface area contributed by atoms with Crippen LogP contribution >= 0.6 is 0 Å². The zero-order valence-electron chi connectivity index (χ0n) is 3.12. The lowest BCUT2D eigenvalue weighted by Gasteiger charge is -1.77. The molecule has 0 fully saturated rings. The number of hydrogen-bond donors (Lipinski definition) is 0. The van der Waals surface area contributed by atoms with E-state index in [0.29, 0.717) is 0 Å². The highest BCUT2D eigenvalue weighted by atomic mass is 28.2. The van der Waals surface area contributed by atoms with Gasteiger partial charge in [0, 0.05) is 6.61 Å². The fraction of sp³-hybridized carbons (Fsp3) is 1.00. The maximum absolute atomic E-state index is 4.68. The minimum atomic E-state index is 0. The summed E-state index contributed by atoms with van der Waals surface area (Å²) < 4.78 is 4.68. The third-order valence-corrected chi connectivity index (χ3v) is 0.866. The Morgan fingerprint density at radius 2 is 2.00 bits per heavy atom. The summed E-state index contributed by atoms with van der Waals surface area (Å²) in [6, 6.07) is 0. The molecule has 0 saturated carbocycles. The molecule has 0 aromatic rings. The SMILES string of the molecule is C.CCO[SiH3]. The van der Waals surface area contributed by atoms with Gasteiger partial charge in [0.2, 0.25) is 0 Å². The molecule has 0 aliphatic heterocycles. The Labute approximate surface area is 36.9 Å². The Morgan fingerprint density at radius 3 is 2.00 bits per heavy atom. The van der Waals surface area contributed by atoms with Crippen LogP contribution in [-0.2, 0) is 4.43 Å². The summed E-state index contributed by atoms with van der Waals surface area (Å²) in [5.74, 6) is 0. The molecule has 34 valence electrons. The van der Waals surface area contributed by atoms with Gasteiger partial charge in [0.25, 0.3) is 0 Å². The van der Waals surface area contributed by atoms with Crippen molar-refractivity contribution in [2.24, 2.45) is 0 Å². The van der Waals surface area contributed by atoms with Crippen molar-refractivity contribution in [2.75, 3.05) is 6.61 Å². The van der Waals surface area contributed by atoms with Gasteiger partial charge in [0.05, 0.1) is 0 Å². The molecular formula is C3H12OSi. The first-order valence-corrected chi connectivity index (χ1v) is 2.22. The molecule has 0 unspecified atom stereocenters. The fourth-order valence-electron chi connectivity index (χ4n) is 0. The largest absolute Gasteiger partial charge is 0.428 e. The third-order valence-electron chi connectivity index (χ3n) is 0.289. The minimum absolute atomic E-state index is 0. The van der Waals surface area contributed by atoms with Crippen LogP contribution < -0.4 is 0 Å². The van der Waals surface area contributed by atoms with E-state index in [9.17, 15) is 0 Å². The lowest BCUT2D eigenvalue weighted by Crippen LogP contribution is -1.76. The molecule has 1 nitrogen and oxygen atoms in total. The topological polar surface area (TPSA) is 9.23 Å². The molecule has 0 rings (SSSR count). The fourth-order valence-corrected chi connectivity index (χ4v) is 0. The maximum Gasteiger partial charge on any atom is 0.145 e. The van der Waals surface area contributed by atoms with Gasteiger partial charge in [-0.05, 0) is 6.92 Å². The molecule has 0 aromatic carbocycles. The van der Waals surface area contributed by atoms with E-state index in [1.54, 1.807) is 0 Å². The van der Waals surface area contributed by atoms with Crippen LogP contribution in [0.4, 0.5) is 0 Å². The molecule has 0 amide bonds. The van der Waals surface area contributed by atoms with E-state index in [1.165, 1.54) is 0 Å². The van der Waals surface area contributed by atoms with Gasteiger partial charge in [-0.25, -0.2) is 0 Å². The van der Waals surface area contributed by atoms with E-state index in [0.717, 1.165) is 17.1 Å². The second-order valence-electron chi connectivity index (χ2n) is 0.577. The first-order valence-electron chi connectivity index (χ1n) is 1.40. The Bertz CT molecular complexity index is 8.85. The van der Waals surface area contributed by atoms with Gasteiger partial charge in [-0.1, -0.05) is 7.43 Å². The lowest BCUT2D eigenvalue weighted by atomic mass is 10.9. The molecule has 0 radical (unpaired) electrons. The van der Waals surface area contributed by atoms with Crippen molar-refractivity contribution in [1.82, 2.24) is 0 Å². The Hall–Kier alpha value is 0.177. The zero-order valence-corrected chi connectivity index (χ0v) is 5.12. The van der Waals surface area contributed by atoms with Crippen molar-refractivity contribution in [3.63, 3.8) is 0 Å². The van der Waals surface area contributed by atoms with Crippen LogP contribution in [0.25, 0.3) is 0 Å². The normalized spacial score (nSPS) is 6.60. The summed E-state index contributed by atoms with van der Waals surface area (Å²) in [6.45, 7) is 2.87. The zero-order chi connectivity index (χ0) is 3.41. The van der Waals surface area contributed by atoms with Gasteiger partial charge in [-0.3, -0.25) is 0 Å². The van der Waals surface area contributed by atoms with Gasteiger partial charge in [0.15, 0.2) is 0 Å². The summed E-state index contributed by atoms with van der Waals surface area (Å²) in [7, 11) is 0.890. The minimum Gasteiger partial charge on any atom is -0.428 e. The van der Waals surface area contributed by atoms with Crippen LogP contribution in [0.3, 0.4) is 0 Å². The predicted octanol–water partition coefficient (Wildman–Crippen LogP) is -0.0606. The van der Waals surface area contributed by atoms with Crippen LogP contribution in [0.2, 0.25) is 0 Å². The van der Waals surface area contributed by atoms with Crippen LogP contribution in [0.15, 0.2) is 0 Å². The molecule has 0 bridgehead atoms. The van der Waals surface area contributed by atoms with Crippen molar-refractivity contribution in [3.8, 4) is 0 Å². The molecule has 0 aliphatic rings. The van der Waals surface area contributed by atoms with Crippen molar-refractivity contribution in [1.29, 1.82) is 0 Å². The molecule has 5 heavy (non-hydrogen) atoms. The van der Waals surface area contributed by atoms with Gasteiger partial charge in [0.1, 0.15) is 10.5 Å². The van der Waals surface area contributed by atoms with Crippen LogP contribution in [0, 0.1) is 0 Å². The Morgan fingerprint density at radius 1 is 1.80 bits per heavy atom. The quantitative estimate of drug-likeness (QED) is 0.412. The Balaban J connectivity index is 0. The van der Waals surface area contributed by atoms with Gasteiger partial charge < -0.3 is 4.43 Å². The highest BCUT2D eigenvalue weighted by Gasteiger charge is 1.51. The van der Waals surface area contributed by atoms with Crippen molar-refractivity contribution in [2.45, 2.75) is 14.4 Å². The third kappa shape index (κ3) is 14.3. The second kappa shape index (κ2) is 8.90. The molecule has 0 saturated heterocycles. The maximum atomic E-state index is 4.68. The monoisotopic (exact) mass is 92.1 g/mol. The van der Waals surface area contributed by atoms with Crippen LogP contribution in [0.1, 0.15) is 14.4 Å². The van der Waals surface area contributed by atoms with Crippen molar-refractivity contribution < 1.29 is 4.43 Å². The van der Waals surface area contributed by atoms with E-state index in [1.807, 2.05) is 6.92 Å². The predicted molar refractivity (Wildman–Crippen MR) is 28.3 cm³/mol. The van der Waals surface area contributed by atoms with Crippen LogP contribution in [-0.4, -0.2) is 17.1 Å². The number of hydrogen-bond acceptors (Lipinski definition) is 1. The molecule has 0 atom stereocenters. The molecule has 0 aliphatic carbocycles. The summed E-state index contributed by atoms with van der Waals surface area (Å²) in [6.07, 6.45) is 0. The molecule has 0 heterocycles. The van der Waals surface area contributed by atoms with Gasteiger partial charge in [-0.15, -0.1) is 0 Å². The van der Waals surface area contributed by atoms with E-state index < -0.39 is 0 Å². The lowest BCUT2D eigenvalue weighted by molar-refractivity contribution is 0.375. The van der Waals surface area contributed by atoms with E-state index in [-0.39, 0.29) is 7.43 Å². The van der Waals surface area contributed by atoms with Crippen molar-refractivity contribution in [3.05, 3.63) is 0 Å². The molecule has 0 spiro atoms. The average molecular weight is 92.2 g/mol. The van der Waals surface area contributed by atoms with E-state index in [4.69, 9.17) is 0 Å². The van der Waals surface area contributed by atoms with E-state index in [2.05, 4.69) is 4.43 Å². The standard InChI is InChI=1S/C2H8OSi.CH4/c1-2-3-4;/h2H2,1,4H3;1H4. The van der Waals surface area contributed by atoms with E-state index >= 15 is 0 Å². The Kier molecular flexibility index (Phi) is 15.9. The first kappa shape index (κ1) is 8.95. The summed E-state index contributed by atoms with van der Waals surface area (Å²) in [5, 5.41) is 0. The van der Waals surface area contributed by atoms with Gasteiger partial charge >= 0.3 is 0 Å². The first-order chi connectivity index (χ1) is 1.91. The van der Waals surface area contributed by atoms with Crippen molar-refractivity contribution >= 4 is 10.5 Å². The average Bonchev–Trinajstić information content (AvgIpc) is 1.37. The summed E-state index contributed by atoms with van der Waals surface area (Å²) in [5.41, 5.74) is 0. The van der Waals surface area contributed by atoms with Gasteiger partial charge in [-0.2, -0.15) is 0 Å². The summed E-state index contributed by atoms with van der Waals surface area (Å²) in [4.78, 5) is 0. The molecule has 0 N–H and O–H groups in total. The number of rotatable bonds is 1. The smallest absolute Gasteiger partial charge is 0.145 e. The summed E-state index contributed by atoms with van der Waals surface area (Å²) >= 11 is 0. The highest BCUT2D eigenvalue weighted by molar-refractivity contribution is 5.97.